The molecule has 85 valence electrons. The molecular weight excluding hydrogens is 235 g/mol. The van der Waals surface area contributed by atoms with Crippen LogP contribution >= 0.6 is 7.60 Å². The van der Waals surface area contributed by atoms with E-state index in [0.717, 1.165) is 16.7 Å². The fourth-order valence-corrected chi connectivity index (χ4v) is 2.77. The third-order valence-corrected chi connectivity index (χ3v) is 3.89. The van der Waals surface area contributed by atoms with Crippen molar-refractivity contribution in [1.82, 2.24) is 0 Å². The Bertz CT molecular complexity index is 643. The molecule has 4 heteroatoms. The second-order valence-corrected chi connectivity index (χ2v) is 5.68. The molecular formula is C13H10O3P. The van der Waals surface area contributed by atoms with Crippen LogP contribution in [0.25, 0.3) is 11.1 Å². The second-order valence-electron chi connectivity index (χ2n) is 4.11. The van der Waals surface area contributed by atoms with Crippen LogP contribution in [0, 0.1) is 6.07 Å². The molecule has 0 aliphatic heterocycles. The lowest BCUT2D eigenvalue weighted by Crippen LogP contribution is -2.05. The van der Waals surface area contributed by atoms with E-state index in [0.29, 0.717) is 6.42 Å². The van der Waals surface area contributed by atoms with E-state index < -0.39 is 7.60 Å². The molecule has 0 saturated carbocycles. The summed E-state index contributed by atoms with van der Waals surface area (Å²) in [6.07, 6.45) is 0.694. The summed E-state index contributed by atoms with van der Waals surface area (Å²) in [7, 11) is -4.20. The van der Waals surface area contributed by atoms with Crippen LogP contribution in [-0.4, -0.2) is 9.79 Å². The minimum Gasteiger partial charge on any atom is -0.321 e. The Hall–Kier alpha value is -1.41. The molecule has 1 aliphatic rings. The maximum atomic E-state index is 11.2. The Morgan fingerprint density at radius 3 is 2.59 bits per heavy atom. The van der Waals surface area contributed by atoms with Gasteiger partial charge in [-0.15, -0.1) is 0 Å². The Labute approximate surface area is 98.9 Å². The van der Waals surface area contributed by atoms with Crippen LogP contribution in [0.1, 0.15) is 11.1 Å². The first-order chi connectivity index (χ1) is 8.05. The quantitative estimate of drug-likeness (QED) is 0.643. The first kappa shape index (κ1) is 10.7. The summed E-state index contributed by atoms with van der Waals surface area (Å²) in [5, 5.41) is -0.0240. The van der Waals surface area contributed by atoms with Crippen molar-refractivity contribution in [2.24, 2.45) is 0 Å². The van der Waals surface area contributed by atoms with Crippen molar-refractivity contribution < 1.29 is 14.4 Å². The van der Waals surface area contributed by atoms with Gasteiger partial charge in [0.15, 0.2) is 0 Å². The summed E-state index contributed by atoms with van der Waals surface area (Å²) >= 11 is 0. The summed E-state index contributed by atoms with van der Waals surface area (Å²) in [5.74, 6) is 0. The number of fused-ring (bicyclic) bond motifs is 3. The molecule has 0 fully saturated rings. The summed E-state index contributed by atoms with van der Waals surface area (Å²) in [6.45, 7) is 0. The lowest BCUT2D eigenvalue weighted by atomic mass is 10.1. The monoisotopic (exact) mass is 245 g/mol. The summed E-state index contributed by atoms with van der Waals surface area (Å²) in [5.41, 5.74) is 4.21. The minimum atomic E-state index is -4.20. The Kier molecular flexibility index (Phi) is 2.23. The fourth-order valence-electron chi connectivity index (χ4n) is 2.22. The van der Waals surface area contributed by atoms with Gasteiger partial charge in [0, 0.05) is 6.07 Å². The topological polar surface area (TPSA) is 57.5 Å². The molecule has 0 aromatic heterocycles. The molecule has 2 aromatic carbocycles. The lowest BCUT2D eigenvalue weighted by molar-refractivity contribution is 0.387. The molecule has 3 rings (SSSR count). The predicted molar refractivity (Wildman–Crippen MR) is 65.2 cm³/mol. The van der Waals surface area contributed by atoms with E-state index in [4.69, 9.17) is 9.79 Å². The van der Waals surface area contributed by atoms with E-state index >= 15 is 0 Å². The van der Waals surface area contributed by atoms with E-state index in [1.165, 1.54) is 11.6 Å². The van der Waals surface area contributed by atoms with E-state index in [1.807, 2.05) is 24.3 Å². The van der Waals surface area contributed by atoms with Gasteiger partial charge in [0.05, 0.1) is 5.30 Å². The number of benzene rings is 2. The molecule has 0 heterocycles. The van der Waals surface area contributed by atoms with Crippen molar-refractivity contribution in [2.45, 2.75) is 6.42 Å². The van der Waals surface area contributed by atoms with Crippen molar-refractivity contribution in [3.05, 3.63) is 53.6 Å². The van der Waals surface area contributed by atoms with Crippen molar-refractivity contribution >= 4 is 12.9 Å². The van der Waals surface area contributed by atoms with E-state index in [1.54, 1.807) is 6.07 Å². The van der Waals surface area contributed by atoms with Gasteiger partial charge in [-0.1, -0.05) is 30.3 Å². The standard InChI is InChI=1S/C13H10O3P/c14-17(15,16)11-5-6-13-10(8-11)7-9-3-1-2-4-12(9)13/h1-6H,7H2,(H2,14,15,16). The van der Waals surface area contributed by atoms with Crippen LogP contribution in [0.2, 0.25) is 0 Å². The van der Waals surface area contributed by atoms with Gasteiger partial charge in [-0.05, 0) is 34.7 Å². The van der Waals surface area contributed by atoms with Crippen LogP contribution in [0.15, 0.2) is 36.4 Å². The van der Waals surface area contributed by atoms with Gasteiger partial charge in [0.25, 0.3) is 0 Å². The molecule has 0 atom stereocenters. The highest BCUT2D eigenvalue weighted by Gasteiger charge is 2.23. The first-order valence-corrected chi connectivity index (χ1v) is 6.86. The van der Waals surface area contributed by atoms with Gasteiger partial charge in [-0.25, -0.2) is 0 Å². The second kappa shape index (κ2) is 3.54. The molecule has 3 nitrogen and oxygen atoms in total. The van der Waals surface area contributed by atoms with Gasteiger partial charge >= 0.3 is 7.60 Å². The Morgan fingerprint density at radius 1 is 1.06 bits per heavy atom. The third-order valence-electron chi connectivity index (χ3n) is 3.00. The molecule has 1 aliphatic carbocycles. The summed E-state index contributed by atoms with van der Waals surface area (Å²) < 4.78 is 11.2. The molecule has 0 spiro atoms. The molecule has 17 heavy (non-hydrogen) atoms. The van der Waals surface area contributed by atoms with Crippen LogP contribution in [0.3, 0.4) is 0 Å². The van der Waals surface area contributed by atoms with Crippen LogP contribution in [0.5, 0.6) is 0 Å². The van der Waals surface area contributed by atoms with Gasteiger partial charge in [0.2, 0.25) is 0 Å². The van der Waals surface area contributed by atoms with Crippen molar-refractivity contribution in [3.8, 4) is 11.1 Å². The molecule has 2 aromatic rings. The number of hydrogen-bond acceptors (Lipinski definition) is 1. The highest BCUT2D eigenvalue weighted by Crippen LogP contribution is 2.39. The molecule has 0 unspecified atom stereocenters. The SMILES string of the molecule is O=P(O)(O)c1[c]c2c(cc1)-c1ccccc1C2. The van der Waals surface area contributed by atoms with Crippen molar-refractivity contribution in [2.75, 3.05) is 0 Å². The number of hydrogen-bond donors (Lipinski definition) is 2. The van der Waals surface area contributed by atoms with Crippen molar-refractivity contribution in [3.63, 3.8) is 0 Å². The highest BCUT2D eigenvalue weighted by molar-refractivity contribution is 7.60. The normalized spacial score (nSPS) is 13.3. The predicted octanol–water partition coefficient (Wildman–Crippen LogP) is 1.86. The largest absolute Gasteiger partial charge is 0.356 e. The average Bonchev–Trinajstić information content (AvgIpc) is 2.65. The fraction of sp³-hybridized carbons (Fsp3) is 0.0769. The summed E-state index contributed by atoms with van der Waals surface area (Å²) in [4.78, 5) is 18.2. The zero-order valence-electron chi connectivity index (χ0n) is 8.92. The highest BCUT2D eigenvalue weighted by atomic mass is 31.2. The third kappa shape index (κ3) is 1.73. The molecule has 0 bridgehead atoms. The van der Waals surface area contributed by atoms with Gasteiger partial charge < -0.3 is 9.79 Å². The maximum absolute atomic E-state index is 11.2. The average molecular weight is 245 g/mol. The van der Waals surface area contributed by atoms with Crippen LogP contribution in [-0.2, 0) is 11.0 Å². The first-order valence-electron chi connectivity index (χ1n) is 5.25. The molecule has 2 N–H and O–H groups in total. The zero-order valence-corrected chi connectivity index (χ0v) is 9.82. The van der Waals surface area contributed by atoms with E-state index in [9.17, 15) is 4.57 Å². The minimum absolute atomic E-state index is 0.0240. The van der Waals surface area contributed by atoms with Gasteiger partial charge in [-0.3, -0.25) is 4.57 Å². The Balaban J connectivity index is 2.17. The van der Waals surface area contributed by atoms with Crippen LogP contribution < -0.4 is 5.30 Å². The van der Waals surface area contributed by atoms with E-state index in [-0.39, 0.29) is 5.30 Å². The van der Waals surface area contributed by atoms with Gasteiger partial charge in [-0.2, -0.15) is 0 Å². The molecule has 0 saturated heterocycles. The molecule has 0 amide bonds. The zero-order chi connectivity index (χ0) is 12.0. The number of rotatable bonds is 1. The Morgan fingerprint density at radius 2 is 1.82 bits per heavy atom. The molecule has 1 radical (unpaired) electrons. The van der Waals surface area contributed by atoms with Crippen molar-refractivity contribution in [1.29, 1.82) is 0 Å². The van der Waals surface area contributed by atoms with Gasteiger partial charge in [0.1, 0.15) is 0 Å². The maximum Gasteiger partial charge on any atom is 0.356 e. The lowest BCUT2D eigenvalue weighted by Gasteiger charge is -2.05. The smallest absolute Gasteiger partial charge is 0.321 e. The van der Waals surface area contributed by atoms with E-state index in [2.05, 4.69) is 6.07 Å². The summed E-state index contributed by atoms with van der Waals surface area (Å²) in [6, 6.07) is 14.1. The van der Waals surface area contributed by atoms with Crippen LogP contribution in [0.4, 0.5) is 0 Å².